The monoisotopic (exact) mass is 366 g/mol. The van der Waals surface area contributed by atoms with Gasteiger partial charge in [0.25, 0.3) is 0 Å². The van der Waals surface area contributed by atoms with Crippen molar-refractivity contribution < 1.29 is 0 Å². The van der Waals surface area contributed by atoms with Crippen molar-refractivity contribution in [1.82, 2.24) is 9.97 Å². The Kier molecular flexibility index (Phi) is 14.3. The van der Waals surface area contributed by atoms with E-state index in [1.165, 1.54) is 0 Å². The maximum atomic E-state index is 3.78. The second kappa shape index (κ2) is 12.5. The van der Waals surface area contributed by atoms with E-state index in [1.807, 2.05) is 36.4 Å². The molecule has 0 spiro atoms. The smallest absolute Gasteiger partial charge is 0.0267 e. The first-order valence-corrected chi connectivity index (χ1v) is 3.70. The summed E-state index contributed by atoms with van der Waals surface area (Å²) < 4.78 is 0. The highest BCUT2D eigenvalue weighted by Crippen LogP contribution is 1.74. The van der Waals surface area contributed by atoms with Gasteiger partial charge in [0.1, 0.15) is 0 Å². The molecule has 0 saturated carbocycles. The molecule has 0 fully saturated rings. The Labute approximate surface area is 112 Å². The summed E-state index contributed by atoms with van der Waals surface area (Å²) in [7, 11) is 0. The van der Waals surface area contributed by atoms with E-state index in [0.29, 0.717) is 0 Å². The standard InChI is InChI=1S/2C5H5N.BrH.HI/c2*1-2-4-6-5-3-1;;/h2*1-5H;2*1H. The highest BCUT2D eigenvalue weighted by molar-refractivity contribution is 14.0. The van der Waals surface area contributed by atoms with Gasteiger partial charge < -0.3 is 0 Å². The van der Waals surface area contributed by atoms with Gasteiger partial charge >= 0.3 is 0 Å². The fourth-order valence-corrected chi connectivity index (χ4v) is 0.625. The minimum Gasteiger partial charge on any atom is -0.265 e. The molecule has 2 heterocycles. The minimum atomic E-state index is 0. The minimum absolute atomic E-state index is 0. The van der Waals surface area contributed by atoms with Gasteiger partial charge in [0.15, 0.2) is 0 Å². The lowest BCUT2D eigenvalue weighted by Crippen LogP contribution is -1.58. The first kappa shape index (κ1) is 16.0. The van der Waals surface area contributed by atoms with Gasteiger partial charge in [0.05, 0.1) is 0 Å². The van der Waals surface area contributed by atoms with Crippen LogP contribution in [-0.4, -0.2) is 9.97 Å². The summed E-state index contributed by atoms with van der Waals surface area (Å²) in [5.41, 5.74) is 0. The third-order valence-electron chi connectivity index (χ3n) is 1.13. The van der Waals surface area contributed by atoms with Crippen molar-refractivity contribution in [3.63, 3.8) is 0 Å². The van der Waals surface area contributed by atoms with Crippen LogP contribution in [0.3, 0.4) is 0 Å². The molecule has 14 heavy (non-hydrogen) atoms. The van der Waals surface area contributed by atoms with E-state index in [2.05, 4.69) is 9.97 Å². The second-order valence-corrected chi connectivity index (χ2v) is 2.05. The van der Waals surface area contributed by atoms with Crippen LogP contribution >= 0.6 is 41.0 Å². The van der Waals surface area contributed by atoms with Crippen LogP contribution in [0.25, 0.3) is 0 Å². The molecule has 4 heteroatoms. The molecule has 0 aromatic carbocycles. The van der Waals surface area contributed by atoms with E-state index >= 15 is 0 Å². The van der Waals surface area contributed by atoms with Crippen molar-refractivity contribution in [3.8, 4) is 0 Å². The zero-order valence-electron chi connectivity index (χ0n) is 7.48. The molecule has 0 amide bonds. The Hall–Kier alpha value is -0.490. The van der Waals surface area contributed by atoms with Crippen molar-refractivity contribution in [2.45, 2.75) is 0 Å². The number of pyridine rings is 2. The Morgan fingerprint density at radius 2 is 0.786 bits per heavy atom. The first-order valence-electron chi connectivity index (χ1n) is 3.70. The van der Waals surface area contributed by atoms with Gasteiger partial charge in [-0.2, -0.15) is 0 Å². The highest BCUT2D eigenvalue weighted by Gasteiger charge is 1.59. The molecule has 2 aromatic heterocycles. The lowest BCUT2D eigenvalue weighted by atomic mass is 10.5. The molecule has 2 rings (SSSR count). The number of hydrogen-bond donors (Lipinski definition) is 0. The van der Waals surface area contributed by atoms with Crippen molar-refractivity contribution in [2.24, 2.45) is 0 Å². The van der Waals surface area contributed by atoms with Gasteiger partial charge in [-0.15, -0.1) is 41.0 Å². The van der Waals surface area contributed by atoms with Crippen molar-refractivity contribution in [3.05, 3.63) is 61.2 Å². The molecule has 2 aromatic rings. The van der Waals surface area contributed by atoms with Gasteiger partial charge in [0.2, 0.25) is 0 Å². The average molecular weight is 367 g/mol. The zero-order valence-corrected chi connectivity index (χ0v) is 11.5. The fraction of sp³-hybridized carbons (Fsp3) is 0. The molecule has 2 nitrogen and oxygen atoms in total. The third kappa shape index (κ3) is 9.60. The van der Waals surface area contributed by atoms with Gasteiger partial charge in [-0.05, 0) is 24.3 Å². The van der Waals surface area contributed by atoms with Crippen LogP contribution in [0.5, 0.6) is 0 Å². The molecule has 0 radical (unpaired) electrons. The molecule has 0 aliphatic heterocycles. The molecule has 76 valence electrons. The van der Waals surface area contributed by atoms with Crippen LogP contribution in [0, 0.1) is 0 Å². The highest BCUT2D eigenvalue weighted by atomic mass is 127. The number of hydrogen-bond acceptors (Lipinski definition) is 2. The molecule has 0 saturated heterocycles. The SMILES string of the molecule is Br.I.c1ccncc1.c1ccncc1. The molecular weight excluding hydrogens is 355 g/mol. The Morgan fingerprint density at radius 1 is 0.500 bits per heavy atom. The molecule has 0 unspecified atom stereocenters. The predicted octanol–water partition coefficient (Wildman–Crippen LogP) is 3.36. The Bertz CT molecular complexity index is 194. The van der Waals surface area contributed by atoms with Crippen molar-refractivity contribution >= 4 is 41.0 Å². The molecule has 0 aliphatic rings. The first-order chi connectivity index (χ1) is 6.00. The quantitative estimate of drug-likeness (QED) is 0.668. The van der Waals surface area contributed by atoms with E-state index in [4.69, 9.17) is 0 Å². The van der Waals surface area contributed by atoms with Crippen LogP contribution in [0.15, 0.2) is 61.2 Å². The topological polar surface area (TPSA) is 25.8 Å². The van der Waals surface area contributed by atoms with E-state index in [9.17, 15) is 0 Å². The average Bonchev–Trinajstić information content (AvgIpc) is 2.24. The third-order valence-corrected chi connectivity index (χ3v) is 1.13. The summed E-state index contributed by atoms with van der Waals surface area (Å²) in [6.45, 7) is 0. The number of rotatable bonds is 0. The normalized spacial score (nSPS) is 6.86. The summed E-state index contributed by atoms with van der Waals surface area (Å²) in [4.78, 5) is 7.57. The molecular formula is C10H12BrIN2. The molecule has 0 atom stereocenters. The van der Waals surface area contributed by atoms with Gasteiger partial charge in [0, 0.05) is 24.8 Å². The summed E-state index contributed by atoms with van der Waals surface area (Å²) in [6.07, 6.45) is 7.00. The van der Waals surface area contributed by atoms with E-state index in [-0.39, 0.29) is 41.0 Å². The summed E-state index contributed by atoms with van der Waals surface area (Å²) >= 11 is 0. The van der Waals surface area contributed by atoms with Crippen molar-refractivity contribution in [1.29, 1.82) is 0 Å². The second-order valence-electron chi connectivity index (χ2n) is 2.05. The zero-order chi connectivity index (χ0) is 8.49. The van der Waals surface area contributed by atoms with E-state index in [0.717, 1.165) is 0 Å². The predicted molar refractivity (Wildman–Crippen MR) is 74.2 cm³/mol. The molecule has 0 aliphatic carbocycles. The largest absolute Gasteiger partial charge is 0.265 e. The van der Waals surface area contributed by atoms with Crippen LogP contribution in [0.2, 0.25) is 0 Å². The van der Waals surface area contributed by atoms with Crippen molar-refractivity contribution in [2.75, 3.05) is 0 Å². The summed E-state index contributed by atoms with van der Waals surface area (Å²) in [5.74, 6) is 0. The van der Waals surface area contributed by atoms with Gasteiger partial charge in [-0.3, -0.25) is 9.97 Å². The van der Waals surface area contributed by atoms with Crippen LogP contribution in [0.4, 0.5) is 0 Å². The van der Waals surface area contributed by atoms with Crippen LogP contribution in [-0.2, 0) is 0 Å². The fourth-order valence-electron chi connectivity index (χ4n) is 0.625. The summed E-state index contributed by atoms with van der Waals surface area (Å²) in [5, 5.41) is 0. The van der Waals surface area contributed by atoms with Gasteiger partial charge in [-0.1, -0.05) is 12.1 Å². The Morgan fingerprint density at radius 3 is 0.857 bits per heavy atom. The molecule has 0 bridgehead atoms. The van der Waals surface area contributed by atoms with E-state index < -0.39 is 0 Å². The lowest BCUT2D eigenvalue weighted by Gasteiger charge is -1.70. The number of aromatic nitrogens is 2. The lowest BCUT2D eigenvalue weighted by molar-refractivity contribution is 1.33. The van der Waals surface area contributed by atoms with Gasteiger partial charge in [-0.25, -0.2) is 0 Å². The molecule has 0 N–H and O–H groups in total. The van der Waals surface area contributed by atoms with Crippen LogP contribution < -0.4 is 0 Å². The Balaban J connectivity index is 0. The maximum Gasteiger partial charge on any atom is 0.0267 e. The number of nitrogens with zero attached hydrogens (tertiary/aromatic N) is 2. The maximum absolute atomic E-state index is 3.78. The summed E-state index contributed by atoms with van der Waals surface area (Å²) in [6, 6.07) is 11.4. The van der Waals surface area contributed by atoms with Crippen LogP contribution in [0.1, 0.15) is 0 Å². The van der Waals surface area contributed by atoms with E-state index in [1.54, 1.807) is 24.8 Å². The number of halogens is 2.